The number of nitrogens with zero attached hydrogens (tertiary/aromatic N) is 3. The molecule has 4 nitrogen and oxygen atoms in total. The molecular formula is C13H21N3O. The monoisotopic (exact) mass is 235 g/mol. The first kappa shape index (κ1) is 12.3. The third-order valence-corrected chi connectivity index (χ3v) is 3.21. The van der Waals surface area contributed by atoms with Gasteiger partial charge in [-0.15, -0.1) is 0 Å². The van der Waals surface area contributed by atoms with Gasteiger partial charge in [-0.25, -0.2) is 9.97 Å². The highest BCUT2D eigenvalue weighted by Gasteiger charge is 2.29. The number of β-amino-alcohol motifs (C(OH)–C–C–N with tert-alkyl or cyclic N) is 1. The molecule has 94 valence electrons. The Kier molecular flexibility index (Phi) is 3.62. The number of hydrogen-bond acceptors (Lipinski definition) is 4. The minimum absolute atomic E-state index is 0.589. The molecule has 17 heavy (non-hydrogen) atoms. The fourth-order valence-corrected chi connectivity index (χ4v) is 2.37. The molecule has 1 aliphatic rings. The summed E-state index contributed by atoms with van der Waals surface area (Å²) in [4.78, 5) is 10.7. The van der Waals surface area contributed by atoms with Gasteiger partial charge >= 0.3 is 0 Å². The molecule has 0 amide bonds. The third-order valence-electron chi connectivity index (χ3n) is 3.21. The van der Waals surface area contributed by atoms with Gasteiger partial charge in [0.05, 0.1) is 5.60 Å². The minimum atomic E-state index is -0.589. The minimum Gasteiger partial charge on any atom is -0.388 e. The van der Waals surface area contributed by atoms with Crippen LogP contribution in [0.3, 0.4) is 0 Å². The average molecular weight is 235 g/mol. The zero-order chi connectivity index (χ0) is 12.3. The van der Waals surface area contributed by atoms with Gasteiger partial charge in [0, 0.05) is 24.8 Å². The molecule has 2 heterocycles. The molecule has 0 radical (unpaired) electrons. The average Bonchev–Trinajstić information content (AvgIpc) is 2.28. The van der Waals surface area contributed by atoms with Crippen molar-refractivity contribution in [3.63, 3.8) is 0 Å². The first-order chi connectivity index (χ1) is 8.11. The highest BCUT2D eigenvalue weighted by Crippen LogP contribution is 2.24. The van der Waals surface area contributed by atoms with Gasteiger partial charge in [0.2, 0.25) is 0 Å². The van der Waals surface area contributed by atoms with Crippen LogP contribution in [-0.4, -0.2) is 33.8 Å². The largest absolute Gasteiger partial charge is 0.388 e. The number of rotatable bonds is 3. The first-order valence-electron chi connectivity index (χ1n) is 6.39. The summed E-state index contributed by atoms with van der Waals surface area (Å²) in [6.07, 6.45) is 5.59. The maximum absolute atomic E-state index is 10.1. The summed E-state index contributed by atoms with van der Waals surface area (Å²) in [6.45, 7) is 5.68. The molecule has 0 aliphatic carbocycles. The zero-order valence-electron chi connectivity index (χ0n) is 10.7. The van der Waals surface area contributed by atoms with Crippen molar-refractivity contribution in [2.75, 3.05) is 18.0 Å². The van der Waals surface area contributed by atoms with Gasteiger partial charge in [0.1, 0.15) is 12.1 Å². The second-order valence-electron chi connectivity index (χ2n) is 5.14. The summed E-state index contributed by atoms with van der Waals surface area (Å²) in [7, 11) is 0. The van der Waals surface area contributed by atoms with Crippen LogP contribution in [0.5, 0.6) is 0 Å². The maximum Gasteiger partial charge on any atom is 0.132 e. The van der Waals surface area contributed by atoms with Gasteiger partial charge in [0.15, 0.2) is 0 Å². The summed E-state index contributed by atoms with van der Waals surface area (Å²) < 4.78 is 0. The number of aryl methyl sites for hydroxylation is 1. The smallest absolute Gasteiger partial charge is 0.132 e. The van der Waals surface area contributed by atoms with Crippen LogP contribution < -0.4 is 4.90 Å². The van der Waals surface area contributed by atoms with Gasteiger partial charge in [-0.1, -0.05) is 13.3 Å². The van der Waals surface area contributed by atoms with E-state index in [0.717, 1.165) is 43.7 Å². The Bertz CT molecular complexity index is 379. The van der Waals surface area contributed by atoms with E-state index in [1.807, 2.05) is 13.0 Å². The molecule has 1 aliphatic heterocycles. The van der Waals surface area contributed by atoms with Gasteiger partial charge in [-0.3, -0.25) is 0 Å². The number of piperidine rings is 1. The van der Waals surface area contributed by atoms with E-state index in [1.165, 1.54) is 0 Å². The van der Waals surface area contributed by atoms with Crippen molar-refractivity contribution >= 4 is 5.82 Å². The summed E-state index contributed by atoms with van der Waals surface area (Å²) in [5.74, 6) is 0.948. The second-order valence-corrected chi connectivity index (χ2v) is 5.14. The molecule has 1 fully saturated rings. The first-order valence-corrected chi connectivity index (χ1v) is 6.39. The molecule has 1 unspecified atom stereocenters. The third kappa shape index (κ3) is 3.16. The topological polar surface area (TPSA) is 49.2 Å². The molecule has 1 saturated heterocycles. The number of aromatic nitrogens is 2. The summed E-state index contributed by atoms with van der Waals surface area (Å²) in [5, 5.41) is 10.1. The molecule has 0 saturated carbocycles. The fourth-order valence-electron chi connectivity index (χ4n) is 2.37. The lowest BCUT2D eigenvalue weighted by molar-refractivity contribution is 0.0447. The molecule has 1 atom stereocenters. The van der Waals surface area contributed by atoms with Crippen LogP contribution >= 0.6 is 0 Å². The highest BCUT2D eigenvalue weighted by atomic mass is 16.3. The van der Waals surface area contributed by atoms with E-state index >= 15 is 0 Å². The van der Waals surface area contributed by atoms with Crippen LogP contribution in [0.4, 0.5) is 5.82 Å². The Morgan fingerprint density at radius 3 is 3.00 bits per heavy atom. The molecule has 0 aromatic carbocycles. The van der Waals surface area contributed by atoms with E-state index in [-0.39, 0.29) is 0 Å². The normalized spacial score (nSPS) is 25.0. The number of anilines is 1. The molecule has 1 N–H and O–H groups in total. The van der Waals surface area contributed by atoms with Crippen molar-refractivity contribution < 1.29 is 5.11 Å². The van der Waals surface area contributed by atoms with Crippen LogP contribution in [0.2, 0.25) is 0 Å². The van der Waals surface area contributed by atoms with E-state index in [2.05, 4.69) is 21.8 Å². The number of hydrogen-bond donors (Lipinski definition) is 1. The van der Waals surface area contributed by atoms with Gasteiger partial charge in [-0.05, 0) is 26.2 Å². The molecule has 2 rings (SSSR count). The molecule has 4 heteroatoms. The highest BCUT2D eigenvalue weighted by molar-refractivity contribution is 5.40. The van der Waals surface area contributed by atoms with E-state index in [9.17, 15) is 5.11 Å². The quantitative estimate of drug-likeness (QED) is 0.867. The SMILES string of the molecule is CCCc1cc(N2CCCC(C)(O)C2)ncn1. The van der Waals surface area contributed by atoms with Gasteiger partial charge in [0.25, 0.3) is 0 Å². The van der Waals surface area contributed by atoms with Crippen LogP contribution in [0.15, 0.2) is 12.4 Å². The van der Waals surface area contributed by atoms with Crippen molar-refractivity contribution in [2.24, 2.45) is 0 Å². The number of aliphatic hydroxyl groups is 1. The van der Waals surface area contributed by atoms with E-state index in [4.69, 9.17) is 0 Å². The Hall–Kier alpha value is -1.16. The Balaban J connectivity index is 2.13. The Morgan fingerprint density at radius 1 is 1.47 bits per heavy atom. The summed E-state index contributed by atoms with van der Waals surface area (Å²) >= 11 is 0. The predicted octanol–water partition coefficient (Wildman–Crippen LogP) is 1.78. The van der Waals surface area contributed by atoms with Crippen LogP contribution in [-0.2, 0) is 6.42 Å². The van der Waals surface area contributed by atoms with Gasteiger partial charge < -0.3 is 10.0 Å². The van der Waals surface area contributed by atoms with Crippen molar-refractivity contribution in [3.05, 3.63) is 18.1 Å². The lowest BCUT2D eigenvalue weighted by atomic mass is 9.95. The lowest BCUT2D eigenvalue weighted by Gasteiger charge is -2.37. The van der Waals surface area contributed by atoms with Crippen LogP contribution in [0.25, 0.3) is 0 Å². The molecule has 0 bridgehead atoms. The molecular weight excluding hydrogens is 214 g/mol. The lowest BCUT2D eigenvalue weighted by Crippen LogP contribution is -2.46. The standard InChI is InChI=1S/C13H21N3O/c1-3-5-11-8-12(15-10-14-11)16-7-4-6-13(2,17)9-16/h8,10,17H,3-7,9H2,1-2H3. The van der Waals surface area contributed by atoms with Crippen molar-refractivity contribution in [1.29, 1.82) is 0 Å². The summed E-state index contributed by atoms with van der Waals surface area (Å²) in [5.41, 5.74) is 0.497. The zero-order valence-corrected chi connectivity index (χ0v) is 10.7. The van der Waals surface area contributed by atoms with Crippen molar-refractivity contribution in [1.82, 2.24) is 9.97 Å². The summed E-state index contributed by atoms with van der Waals surface area (Å²) in [6, 6.07) is 2.05. The fraction of sp³-hybridized carbons (Fsp3) is 0.692. The van der Waals surface area contributed by atoms with Crippen molar-refractivity contribution in [3.8, 4) is 0 Å². The van der Waals surface area contributed by atoms with E-state index in [1.54, 1.807) is 6.33 Å². The van der Waals surface area contributed by atoms with Crippen molar-refractivity contribution in [2.45, 2.75) is 45.1 Å². The van der Waals surface area contributed by atoms with E-state index < -0.39 is 5.60 Å². The molecule has 0 spiro atoms. The maximum atomic E-state index is 10.1. The Labute approximate surface area is 103 Å². The van der Waals surface area contributed by atoms with Gasteiger partial charge in [-0.2, -0.15) is 0 Å². The van der Waals surface area contributed by atoms with E-state index in [0.29, 0.717) is 6.54 Å². The predicted molar refractivity (Wildman–Crippen MR) is 68.1 cm³/mol. The van der Waals surface area contributed by atoms with Crippen LogP contribution in [0.1, 0.15) is 38.8 Å². The Morgan fingerprint density at radius 2 is 2.29 bits per heavy atom. The van der Waals surface area contributed by atoms with Crippen LogP contribution in [0, 0.1) is 0 Å². The second kappa shape index (κ2) is 5.00. The molecule has 1 aromatic heterocycles. The molecule has 1 aromatic rings.